The Balaban J connectivity index is 1.55. The Morgan fingerprint density at radius 3 is 2.57 bits per heavy atom. The summed E-state index contributed by atoms with van der Waals surface area (Å²) in [6, 6.07) is 1.76. The minimum atomic E-state index is -1.12. The van der Waals surface area contributed by atoms with E-state index in [1.165, 1.54) is 12.8 Å². The number of nitrogens with zero attached hydrogens (tertiary/aromatic N) is 4. The number of aryl methyl sites for hydroxylation is 2. The smallest absolute Gasteiger partial charge is 0.225 e. The van der Waals surface area contributed by atoms with E-state index in [9.17, 15) is 15.3 Å². The molecule has 200 valence electrons. The number of fused-ring (bicyclic) bond motifs is 1. The van der Waals surface area contributed by atoms with E-state index in [0.717, 1.165) is 45.0 Å². The summed E-state index contributed by atoms with van der Waals surface area (Å²) in [6.45, 7) is 9.57. The van der Waals surface area contributed by atoms with Crippen molar-refractivity contribution in [2.24, 2.45) is 11.8 Å². The summed E-state index contributed by atoms with van der Waals surface area (Å²) in [5.41, 5.74) is 2.32. The fourth-order valence-corrected chi connectivity index (χ4v) is 6.49. The van der Waals surface area contributed by atoms with Gasteiger partial charge in [-0.05, 0) is 65.4 Å². The van der Waals surface area contributed by atoms with Crippen LogP contribution in [0.25, 0.3) is 20.8 Å². The maximum atomic E-state index is 10.9. The van der Waals surface area contributed by atoms with Gasteiger partial charge < -0.3 is 26.0 Å². The van der Waals surface area contributed by atoms with Crippen LogP contribution in [0.5, 0.6) is 0 Å². The van der Waals surface area contributed by atoms with E-state index in [-0.39, 0.29) is 6.04 Å². The highest BCUT2D eigenvalue weighted by Crippen LogP contribution is 2.41. The molecule has 9 nitrogen and oxygen atoms in total. The topological polar surface area (TPSA) is 136 Å². The van der Waals surface area contributed by atoms with Crippen LogP contribution in [-0.2, 0) is 6.42 Å². The molecule has 0 amide bonds. The van der Waals surface area contributed by atoms with E-state index in [2.05, 4.69) is 29.5 Å². The maximum absolute atomic E-state index is 10.9. The van der Waals surface area contributed by atoms with Crippen molar-refractivity contribution in [2.45, 2.75) is 96.6 Å². The average Bonchev–Trinajstić information content (AvgIpc) is 3.53. The third-order valence-corrected chi connectivity index (χ3v) is 8.81. The molecule has 3 heterocycles. The Kier molecular flexibility index (Phi) is 7.12. The zero-order chi connectivity index (χ0) is 26.5. The van der Waals surface area contributed by atoms with Gasteiger partial charge in [-0.3, -0.25) is 4.98 Å². The largest absolute Gasteiger partial charge is 0.390 e. The lowest BCUT2D eigenvalue weighted by Crippen LogP contribution is -2.40. The van der Waals surface area contributed by atoms with Gasteiger partial charge in [-0.25, -0.2) is 9.97 Å². The van der Waals surface area contributed by atoms with Gasteiger partial charge in [0.2, 0.25) is 5.95 Å². The lowest BCUT2D eigenvalue weighted by atomic mass is 9.88. The normalized spacial score (nSPS) is 25.0. The Morgan fingerprint density at radius 2 is 1.92 bits per heavy atom. The van der Waals surface area contributed by atoms with Gasteiger partial charge in [-0.2, -0.15) is 4.98 Å². The molecule has 5 atom stereocenters. The van der Waals surface area contributed by atoms with Crippen molar-refractivity contribution >= 4 is 33.3 Å². The number of hydrogen-bond donors (Lipinski definition) is 5. The molecule has 37 heavy (non-hydrogen) atoms. The second-order valence-corrected chi connectivity index (χ2v) is 12.3. The third-order valence-electron chi connectivity index (χ3n) is 7.77. The van der Waals surface area contributed by atoms with Gasteiger partial charge >= 0.3 is 0 Å². The molecular formula is C27H38N6O3S. The molecule has 2 saturated carbocycles. The van der Waals surface area contributed by atoms with Crippen molar-refractivity contribution in [1.82, 2.24) is 19.9 Å². The summed E-state index contributed by atoms with van der Waals surface area (Å²) in [6.07, 6.45) is 4.41. The van der Waals surface area contributed by atoms with Gasteiger partial charge in [-0.1, -0.05) is 13.3 Å². The molecule has 2 aliphatic carbocycles. The van der Waals surface area contributed by atoms with Crippen LogP contribution in [0.4, 0.5) is 11.8 Å². The molecule has 0 spiro atoms. The SMILES string of the molecule is CCCc1nccc2sc(-c3c(C)nc(N[C@H](C)C4CC4)nc3N[C@@H]3C[C@H](C(C)(C)O)[C@@H](O)[C@H]3O)nc12. The number of pyridine rings is 1. The van der Waals surface area contributed by atoms with Crippen LogP contribution < -0.4 is 10.6 Å². The highest BCUT2D eigenvalue weighted by Gasteiger charge is 2.48. The first-order valence-corrected chi connectivity index (χ1v) is 14.1. The number of aliphatic hydroxyl groups is 3. The molecule has 0 aliphatic heterocycles. The first-order chi connectivity index (χ1) is 17.6. The van der Waals surface area contributed by atoms with E-state index in [1.807, 2.05) is 19.2 Å². The second kappa shape index (κ2) is 10.1. The van der Waals surface area contributed by atoms with Crippen molar-refractivity contribution in [2.75, 3.05) is 10.6 Å². The molecular weight excluding hydrogens is 488 g/mol. The zero-order valence-electron chi connectivity index (χ0n) is 22.2. The quantitative estimate of drug-likeness (QED) is 0.281. The molecule has 2 fully saturated rings. The fourth-order valence-electron chi connectivity index (χ4n) is 5.40. The number of nitrogens with one attached hydrogen (secondary N) is 2. The Hall–Kier alpha value is -2.40. The average molecular weight is 527 g/mol. The number of aliphatic hydroxyl groups excluding tert-OH is 2. The summed E-state index contributed by atoms with van der Waals surface area (Å²) < 4.78 is 1.06. The Labute approximate surface area is 221 Å². The van der Waals surface area contributed by atoms with Crippen molar-refractivity contribution in [3.05, 3.63) is 23.7 Å². The van der Waals surface area contributed by atoms with Crippen molar-refractivity contribution in [1.29, 1.82) is 0 Å². The molecule has 3 aromatic rings. The summed E-state index contributed by atoms with van der Waals surface area (Å²) in [7, 11) is 0. The van der Waals surface area contributed by atoms with Crippen LogP contribution >= 0.6 is 11.3 Å². The van der Waals surface area contributed by atoms with Crippen molar-refractivity contribution in [3.8, 4) is 10.6 Å². The van der Waals surface area contributed by atoms with Gasteiger partial charge in [0.1, 0.15) is 22.4 Å². The van der Waals surface area contributed by atoms with Crippen LogP contribution in [-0.4, -0.2) is 65.1 Å². The maximum Gasteiger partial charge on any atom is 0.225 e. The molecule has 10 heteroatoms. The Morgan fingerprint density at radius 1 is 1.16 bits per heavy atom. The minimum absolute atomic E-state index is 0.265. The number of thiazole rings is 1. The lowest BCUT2D eigenvalue weighted by molar-refractivity contribution is -0.0601. The molecule has 2 aliphatic rings. The fraction of sp³-hybridized carbons (Fsp3) is 0.630. The van der Waals surface area contributed by atoms with Gasteiger partial charge in [0, 0.05) is 18.2 Å². The molecule has 0 saturated heterocycles. The van der Waals surface area contributed by atoms with Crippen LogP contribution in [0.1, 0.15) is 64.8 Å². The van der Waals surface area contributed by atoms with Gasteiger partial charge in [0.25, 0.3) is 0 Å². The van der Waals surface area contributed by atoms with Gasteiger partial charge in [-0.15, -0.1) is 11.3 Å². The summed E-state index contributed by atoms with van der Waals surface area (Å²) in [4.78, 5) is 19.2. The van der Waals surface area contributed by atoms with Gasteiger partial charge in [0.15, 0.2) is 0 Å². The summed E-state index contributed by atoms with van der Waals surface area (Å²) in [5.74, 6) is 1.26. The first-order valence-electron chi connectivity index (χ1n) is 13.3. The van der Waals surface area contributed by atoms with E-state index < -0.39 is 29.8 Å². The van der Waals surface area contributed by atoms with E-state index in [1.54, 1.807) is 25.2 Å². The summed E-state index contributed by atoms with van der Waals surface area (Å²) in [5, 5.41) is 39.8. The molecule has 0 unspecified atom stereocenters. The number of rotatable bonds is 9. The molecule has 0 radical (unpaired) electrons. The molecule has 3 aromatic heterocycles. The van der Waals surface area contributed by atoms with E-state index in [0.29, 0.717) is 24.1 Å². The highest BCUT2D eigenvalue weighted by atomic mass is 32.1. The molecule has 0 bridgehead atoms. The van der Waals surface area contributed by atoms with E-state index in [4.69, 9.17) is 15.0 Å². The third kappa shape index (κ3) is 5.30. The summed E-state index contributed by atoms with van der Waals surface area (Å²) >= 11 is 1.57. The standard InChI is InChI=1S/C27H38N6O3S/c1-6-7-17-21-19(10-11-28-17)37-25(32-21)20-14(3)30-26(29-13(2)15-8-9-15)33-24(20)31-18-12-16(27(4,5)36)22(34)23(18)35/h10-11,13,15-16,18,22-23,34-36H,6-9,12H2,1-5H3,(H2,29,30,31,33)/t13-,16+,18-,22-,23+/m1/s1. The first kappa shape index (κ1) is 26.2. The van der Waals surface area contributed by atoms with Crippen molar-refractivity contribution in [3.63, 3.8) is 0 Å². The predicted octanol–water partition coefficient (Wildman–Crippen LogP) is 3.91. The predicted molar refractivity (Wildman–Crippen MR) is 147 cm³/mol. The highest BCUT2D eigenvalue weighted by molar-refractivity contribution is 7.21. The number of aromatic nitrogens is 4. The molecule has 5 N–H and O–H groups in total. The molecule has 0 aromatic carbocycles. The number of hydrogen-bond acceptors (Lipinski definition) is 10. The Bertz CT molecular complexity index is 1270. The minimum Gasteiger partial charge on any atom is -0.390 e. The molecule has 5 rings (SSSR count). The van der Waals surface area contributed by atoms with Crippen LogP contribution in [0, 0.1) is 18.8 Å². The van der Waals surface area contributed by atoms with Crippen molar-refractivity contribution < 1.29 is 15.3 Å². The second-order valence-electron chi connectivity index (χ2n) is 11.2. The zero-order valence-corrected chi connectivity index (χ0v) is 23.0. The van der Waals surface area contributed by atoms with E-state index >= 15 is 0 Å². The monoisotopic (exact) mass is 526 g/mol. The van der Waals surface area contributed by atoms with Crippen LogP contribution in [0.3, 0.4) is 0 Å². The number of anilines is 2. The van der Waals surface area contributed by atoms with Crippen LogP contribution in [0.15, 0.2) is 12.3 Å². The lowest BCUT2D eigenvalue weighted by Gasteiger charge is -2.28. The van der Waals surface area contributed by atoms with Crippen LogP contribution in [0.2, 0.25) is 0 Å². The van der Waals surface area contributed by atoms with Gasteiger partial charge in [0.05, 0.1) is 39.4 Å².